The molecule has 3 rings (SSSR count). The molecule has 136 valence electrons. The Morgan fingerprint density at radius 3 is 2.68 bits per heavy atom. The fourth-order valence-corrected chi connectivity index (χ4v) is 3.08. The van der Waals surface area contributed by atoms with Crippen LogP contribution in [0.3, 0.4) is 0 Å². The van der Waals surface area contributed by atoms with Gasteiger partial charge in [0.05, 0.1) is 25.9 Å². The van der Waals surface area contributed by atoms with E-state index in [2.05, 4.69) is 39.3 Å². The minimum Gasteiger partial charge on any atom is -0.382 e. The maximum Gasteiger partial charge on any atom is 0.240 e. The molecule has 0 spiro atoms. The molecule has 0 bridgehead atoms. The summed E-state index contributed by atoms with van der Waals surface area (Å²) in [6.45, 7) is 4.06. The summed E-state index contributed by atoms with van der Waals surface area (Å²) in [6, 6.07) is 10.4. The summed E-state index contributed by atoms with van der Waals surface area (Å²) >= 11 is 0. The van der Waals surface area contributed by atoms with Crippen LogP contribution in [0.2, 0.25) is 0 Å². The van der Waals surface area contributed by atoms with Crippen LogP contribution in [0.15, 0.2) is 34.9 Å². The van der Waals surface area contributed by atoms with Gasteiger partial charge in [0.1, 0.15) is 0 Å². The van der Waals surface area contributed by atoms with Crippen LogP contribution in [0.1, 0.15) is 30.1 Å². The van der Waals surface area contributed by atoms with Gasteiger partial charge < -0.3 is 14.0 Å². The molecule has 6 nitrogen and oxygen atoms in total. The molecule has 1 aliphatic heterocycles. The van der Waals surface area contributed by atoms with Crippen LogP contribution in [0, 0.1) is 0 Å². The lowest BCUT2D eigenvalue weighted by Crippen LogP contribution is -2.37. The summed E-state index contributed by atoms with van der Waals surface area (Å²) in [6.07, 6.45) is 4.17. The van der Waals surface area contributed by atoms with Crippen molar-refractivity contribution in [2.45, 2.75) is 38.3 Å². The number of nitrogens with zero attached hydrogens (tertiary/aromatic N) is 3. The number of benzene rings is 1. The third-order valence-corrected chi connectivity index (χ3v) is 4.52. The van der Waals surface area contributed by atoms with Gasteiger partial charge in [-0.15, -0.1) is 0 Å². The first kappa shape index (κ1) is 18.0. The first-order valence-corrected chi connectivity index (χ1v) is 9.02. The first-order valence-electron chi connectivity index (χ1n) is 9.02. The molecule has 1 aliphatic rings. The number of aryl methyl sites for hydroxylation is 2. The number of piperidine rings is 1. The Labute approximate surface area is 149 Å². The van der Waals surface area contributed by atoms with Gasteiger partial charge in [-0.3, -0.25) is 4.90 Å². The first-order chi connectivity index (χ1) is 12.3. The molecule has 2 aromatic rings. The Balaban J connectivity index is 1.39. The Kier molecular flexibility index (Phi) is 6.97. The second-order valence-corrected chi connectivity index (χ2v) is 6.43. The van der Waals surface area contributed by atoms with Crippen molar-refractivity contribution in [3.8, 4) is 0 Å². The van der Waals surface area contributed by atoms with Gasteiger partial charge in [-0.1, -0.05) is 35.5 Å². The molecule has 0 amide bonds. The lowest BCUT2D eigenvalue weighted by Gasteiger charge is -2.30. The third kappa shape index (κ3) is 5.92. The summed E-state index contributed by atoms with van der Waals surface area (Å²) in [5.74, 6) is 1.50. The van der Waals surface area contributed by atoms with E-state index in [1.165, 1.54) is 5.56 Å². The van der Waals surface area contributed by atoms with Crippen molar-refractivity contribution in [1.29, 1.82) is 0 Å². The normalized spacial score (nSPS) is 16.4. The molecule has 1 fully saturated rings. The molecule has 0 saturated carbocycles. The predicted octanol–water partition coefficient (Wildman–Crippen LogP) is 2.48. The van der Waals surface area contributed by atoms with Crippen molar-refractivity contribution >= 4 is 0 Å². The summed E-state index contributed by atoms with van der Waals surface area (Å²) in [5.41, 5.74) is 1.30. The molecule has 1 aromatic heterocycles. The van der Waals surface area contributed by atoms with Crippen molar-refractivity contribution in [2.75, 3.05) is 33.4 Å². The highest BCUT2D eigenvalue weighted by Gasteiger charge is 2.21. The number of hydrogen-bond acceptors (Lipinski definition) is 6. The van der Waals surface area contributed by atoms with Gasteiger partial charge in [-0.05, 0) is 24.8 Å². The molecular formula is C19H27N3O3. The fraction of sp³-hybridized carbons (Fsp3) is 0.579. The number of methoxy groups -OCH3 is 1. The third-order valence-electron chi connectivity index (χ3n) is 4.52. The fourth-order valence-electron chi connectivity index (χ4n) is 3.08. The zero-order valence-corrected chi connectivity index (χ0v) is 14.9. The van der Waals surface area contributed by atoms with Crippen LogP contribution in [0.25, 0.3) is 0 Å². The molecule has 0 aliphatic carbocycles. The van der Waals surface area contributed by atoms with Crippen molar-refractivity contribution < 1.29 is 14.0 Å². The van der Waals surface area contributed by atoms with E-state index in [1.54, 1.807) is 7.11 Å². The van der Waals surface area contributed by atoms with Crippen LogP contribution in [-0.4, -0.2) is 54.6 Å². The van der Waals surface area contributed by atoms with E-state index in [0.29, 0.717) is 25.2 Å². The zero-order chi connectivity index (χ0) is 17.3. The Morgan fingerprint density at radius 1 is 1.12 bits per heavy atom. The second kappa shape index (κ2) is 9.65. The molecule has 2 heterocycles. The van der Waals surface area contributed by atoms with Crippen molar-refractivity contribution in [3.05, 3.63) is 47.6 Å². The van der Waals surface area contributed by atoms with Gasteiger partial charge in [0.15, 0.2) is 5.82 Å². The van der Waals surface area contributed by atoms with E-state index in [-0.39, 0.29) is 0 Å². The molecule has 0 radical (unpaired) electrons. The van der Waals surface area contributed by atoms with Crippen LogP contribution >= 0.6 is 0 Å². The maximum atomic E-state index is 5.80. The molecule has 6 heteroatoms. The molecule has 1 aromatic carbocycles. The number of rotatable bonds is 9. The van der Waals surface area contributed by atoms with Crippen molar-refractivity contribution in [3.63, 3.8) is 0 Å². The molecule has 0 N–H and O–H groups in total. The smallest absolute Gasteiger partial charge is 0.240 e. The lowest BCUT2D eigenvalue weighted by atomic mass is 10.1. The lowest BCUT2D eigenvalue weighted by molar-refractivity contribution is -0.0170. The summed E-state index contributed by atoms with van der Waals surface area (Å²) in [4.78, 5) is 6.88. The highest BCUT2D eigenvalue weighted by atomic mass is 16.5. The van der Waals surface area contributed by atoms with Crippen LogP contribution in [0.5, 0.6) is 0 Å². The minimum absolute atomic E-state index is 0.343. The number of ether oxygens (including phenoxy) is 2. The summed E-state index contributed by atoms with van der Waals surface area (Å²) in [7, 11) is 1.70. The summed E-state index contributed by atoms with van der Waals surface area (Å²) < 4.78 is 16.2. The van der Waals surface area contributed by atoms with Gasteiger partial charge in [0.25, 0.3) is 0 Å². The highest BCUT2D eigenvalue weighted by molar-refractivity contribution is 5.15. The molecule has 0 atom stereocenters. The minimum atomic E-state index is 0.343. The zero-order valence-electron chi connectivity index (χ0n) is 14.9. The maximum absolute atomic E-state index is 5.80. The quantitative estimate of drug-likeness (QED) is 0.651. The second-order valence-electron chi connectivity index (χ2n) is 6.43. The highest BCUT2D eigenvalue weighted by Crippen LogP contribution is 2.16. The predicted molar refractivity (Wildman–Crippen MR) is 94.3 cm³/mol. The van der Waals surface area contributed by atoms with Gasteiger partial charge in [-0.2, -0.15) is 4.98 Å². The Morgan fingerprint density at radius 2 is 1.92 bits per heavy atom. The average Bonchev–Trinajstić information content (AvgIpc) is 3.10. The van der Waals surface area contributed by atoms with Crippen LogP contribution in [0.4, 0.5) is 0 Å². The largest absolute Gasteiger partial charge is 0.382 e. The van der Waals surface area contributed by atoms with Crippen molar-refractivity contribution in [2.24, 2.45) is 0 Å². The topological polar surface area (TPSA) is 60.6 Å². The Hall–Kier alpha value is -1.76. The Bertz CT molecular complexity index is 609. The van der Waals surface area contributed by atoms with E-state index in [1.807, 2.05) is 6.07 Å². The molecule has 25 heavy (non-hydrogen) atoms. The van der Waals surface area contributed by atoms with E-state index < -0.39 is 0 Å². The van der Waals surface area contributed by atoms with Gasteiger partial charge >= 0.3 is 0 Å². The van der Waals surface area contributed by atoms with E-state index >= 15 is 0 Å². The summed E-state index contributed by atoms with van der Waals surface area (Å²) in [5, 5.41) is 4.11. The molecular weight excluding hydrogens is 318 g/mol. The van der Waals surface area contributed by atoms with E-state index in [0.717, 1.165) is 51.1 Å². The van der Waals surface area contributed by atoms with E-state index in [9.17, 15) is 0 Å². The monoisotopic (exact) mass is 345 g/mol. The number of likely N-dealkylation sites (tertiary alicyclic amines) is 1. The van der Waals surface area contributed by atoms with Crippen LogP contribution in [-0.2, 0) is 28.9 Å². The van der Waals surface area contributed by atoms with Gasteiger partial charge in [0, 0.05) is 26.6 Å². The number of hydrogen-bond donors (Lipinski definition) is 0. The number of aromatic nitrogens is 2. The van der Waals surface area contributed by atoms with Gasteiger partial charge in [0.2, 0.25) is 5.89 Å². The van der Waals surface area contributed by atoms with Crippen molar-refractivity contribution in [1.82, 2.24) is 15.0 Å². The SMILES string of the molecule is COCCOC1CCN(Cc2nc(CCc3ccccc3)no2)CC1. The van der Waals surface area contributed by atoms with Crippen LogP contribution < -0.4 is 0 Å². The molecule has 0 unspecified atom stereocenters. The standard InChI is InChI=1S/C19H27N3O3/c1-23-13-14-24-17-9-11-22(12-10-17)15-19-20-18(21-25-19)8-7-16-5-3-2-4-6-16/h2-6,17H,7-15H2,1H3. The van der Waals surface area contributed by atoms with Gasteiger partial charge in [-0.25, -0.2) is 0 Å². The molecule has 1 saturated heterocycles. The van der Waals surface area contributed by atoms with E-state index in [4.69, 9.17) is 14.0 Å². The average molecular weight is 345 g/mol.